The van der Waals surface area contributed by atoms with Crippen molar-refractivity contribution in [1.29, 1.82) is 0 Å². The fourth-order valence-corrected chi connectivity index (χ4v) is 4.19. The molecule has 2 heterocycles. The van der Waals surface area contributed by atoms with Crippen LogP contribution in [0.3, 0.4) is 0 Å². The summed E-state index contributed by atoms with van der Waals surface area (Å²) in [7, 11) is 0. The molecule has 0 unspecified atom stereocenters. The van der Waals surface area contributed by atoms with Crippen LogP contribution in [0.25, 0.3) is 0 Å². The van der Waals surface area contributed by atoms with Crippen molar-refractivity contribution in [3.8, 4) is 0 Å². The Morgan fingerprint density at radius 3 is 2.43 bits per heavy atom. The summed E-state index contributed by atoms with van der Waals surface area (Å²) in [6.45, 7) is 2.53. The van der Waals surface area contributed by atoms with Crippen LogP contribution in [0, 0.1) is 0 Å². The Hall–Kier alpha value is -2.08. The second-order valence-corrected chi connectivity index (χ2v) is 8.17. The van der Waals surface area contributed by atoms with Gasteiger partial charge in [-0.05, 0) is 60.9 Å². The maximum Gasteiger partial charge on any atom is 0.322 e. The lowest BCUT2D eigenvalue weighted by atomic mass is 10.00. The minimum absolute atomic E-state index is 0.0643. The lowest BCUT2D eigenvalue weighted by Crippen LogP contribution is -2.50. The highest BCUT2D eigenvalue weighted by atomic mass is 35.5. The molecule has 7 heteroatoms. The zero-order valence-electron chi connectivity index (χ0n) is 15.3. The van der Waals surface area contributed by atoms with Crippen molar-refractivity contribution in [2.75, 3.05) is 25.0 Å². The highest BCUT2D eigenvalue weighted by Gasteiger charge is 2.32. The smallest absolute Gasteiger partial charge is 0.317 e. The van der Waals surface area contributed by atoms with Gasteiger partial charge in [0.1, 0.15) is 0 Å². The number of Topliss-reactive ketones (excluding diaryl/α,β-unsaturated/α-hetero) is 1. The maximum absolute atomic E-state index is 12.5. The number of anilines is 1. The number of carbonyl (C=O) groups excluding carboxylic acids is 2. The van der Waals surface area contributed by atoms with Gasteiger partial charge in [0.2, 0.25) is 0 Å². The number of amides is 2. The number of hydrogen-bond donors (Lipinski definition) is 1. The van der Waals surface area contributed by atoms with E-state index >= 15 is 0 Å². The number of urea groups is 1. The molecule has 2 aromatic carbocycles. The zero-order valence-corrected chi connectivity index (χ0v) is 16.8. The van der Waals surface area contributed by atoms with E-state index in [4.69, 9.17) is 23.2 Å². The summed E-state index contributed by atoms with van der Waals surface area (Å²) in [5.41, 5.74) is 2.54. The number of likely N-dealkylation sites (tertiary alicyclic amines) is 1. The van der Waals surface area contributed by atoms with Gasteiger partial charge in [-0.1, -0.05) is 23.2 Å². The van der Waals surface area contributed by atoms with Gasteiger partial charge in [-0.25, -0.2) is 4.79 Å². The summed E-state index contributed by atoms with van der Waals surface area (Å²) in [4.78, 5) is 29.0. The average molecular weight is 418 g/mol. The van der Waals surface area contributed by atoms with Crippen molar-refractivity contribution in [2.24, 2.45) is 0 Å². The second-order valence-electron chi connectivity index (χ2n) is 7.30. The topological polar surface area (TPSA) is 52.7 Å². The van der Waals surface area contributed by atoms with Crippen LogP contribution in [0.15, 0.2) is 42.5 Å². The van der Waals surface area contributed by atoms with Crippen molar-refractivity contribution in [1.82, 2.24) is 9.80 Å². The summed E-state index contributed by atoms with van der Waals surface area (Å²) in [6, 6.07) is 12.6. The standard InChI is InChI=1S/C21H21Cl2N3O2/c22-16-3-1-14(2-4-16)20(27)13-25-9-7-18(8-10-25)26-12-15-11-17(23)5-6-19(15)24-21(26)28/h1-6,11,18H,7-10,12-13H2,(H,24,28). The molecular weight excluding hydrogens is 397 g/mol. The lowest BCUT2D eigenvalue weighted by molar-refractivity contribution is 0.0854. The van der Waals surface area contributed by atoms with E-state index in [9.17, 15) is 9.59 Å². The molecule has 146 valence electrons. The molecule has 0 saturated carbocycles. The van der Waals surface area contributed by atoms with E-state index in [2.05, 4.69) is 10.2 Å². The van der Waals surface area contributed by atoms with Crippen LogP contribution in [0.1, 0.15) is 28.8 Å². The molecule has 0 atom stereocenters. The molecule has 2 aliphatic heterocycles. The third-order valence-electron chi connectivity index (χ3n) is 5.44. The van der Waals surface area contributed by atoms with Crippen LogP contribution in [-0.2, 0) is 6.54 Å². The summed E-state index contributed by atoms with van der Waals surface area (Å²) < 4.78 is 0. The third-order valence-corrected chi connectivity index (χ3v) is 5.93. The van der Waals surface area contributed by atoms with Crippen LogP contribution in [0.2, 0.25) is 10.0 Å². The molecule has 2 aliphatic rings. The van der Waals surface area contributed by atoms with Gasteiger partial charge in [-0.2, -0.15) is 0 Å². The van der Waals surface area contributed by atoms with Gasteiger partial charge < -0.3 is 10.2 Å². The van der Waals surface area contributed by atoms with E-state index in [1.807, 2.05) is 17.0 Å². The average Bonchev–Trinajstić information content (AvgIpc) is 2.69. The van der Waals surface area contributed by atoms with E-state index in [0.29, 0.717) is 28.7 Å². The van der Waals surface area contributed by atoms with Crippen molar-refractivity contribution in [3.63, 3.8) is 0 Å². The number of nitrogens with one attached hydrogen (secondary N) is 1. The van der Waals surface area contributed by atoms with E-state index in [1.165, 1.54) is 0 Å². The summed E-state index contributed by atoms with van der Waals surface area (Å²) >= 11 is 12.0. The number of nitrogens with zero attached hydrogens (tertiary/aromatic N) is 2. The molecule has 2 amide bonds. The van der Waals surface area contributed by atoms with Crippen molar-refractivity contribution in [3.05, 3.63) is 63.6 Å². The first kappa shape index (κ1) is 19.2. The molecule has 0 aliphatic carbocycles. The second kappa shape index (κ2) is 8.11. The molecule has 1 saturated heterocycles. The molecule has 28 heavy (non-hydrogen) atoms. The number of benzene rings is 2. The number of fused-ring (bicyclic) bond motifs is 1. The van der Waals surface area contributed by atoms with Gasteiger partial charge in [0, 0.05) is 47.0 Å². The van der Waals surface area contributed by atoms with Gasteiger partial charge in [0.15, 0.2) is 5.78 Å². The molecule has 5 nitrogen and oxygen atoms in total. The Morgan fingerprint density at radius 1 is 1.04 bits per heavy atom. The predicted octanol–water partition coefficient (Wildman–Crippen LogP) is 4.69. The minimum atomic E-state index is -0.0643. The number of hydrogen-bond acceptors (Lipinski definition) is 3. The zero-order chi connectivity index (χ0) is 19.7. The Bertz CT molecular complexity index is 893. The molecule has 1 N–H and O–H groups in total. The van der Waals surface area contributed by atoms with Gasteiger partial charge in [-0.3, -0.25) is 9.69 Å². The van der Waals surface area contributed by atoms with Gasteiger partial charge in [0.05, 0.1) is 6.54 Å². The Labute approximate surface area is 174 Å². The number of ketones is 1. The predicted molar refractivity (Wildman–Crippen MR) is 111 cm³/mol. The summed E-state index contributed by atoms with van der Waals surface area (Å²) in [5.74, 6) is 0.0920. The number of rotatable bonds is 4. The molecule has 0 aromatic heterocycles. The first-order valence-corrected chi connectivity index (χ1v) is 10.1. The van der Waals surface area contributed by atoms with E-state index in [-0.39, 0.29) is 17.9 Å². The maximum atomic E-state index is 12.5. The molecule has 0 radical (unpaired) electrons. The van der Waals surface area contributed by atoms with E-state index < -0.39 is 0 Å². The van der Waals surface area contributed by atoms with Gasteiger partial charge in [-0.15, -0.1) is 0 Å². The number of piperidine rings is 1. The lowest BCUT2D eigenvalue weighted by Gasteiger charge is -2.40. The highest BCUT2D eigenvalue weighted by molar-refractivity contribution is 6.31. The van der Waals surface area contributed by atoms with Crippen LogP contribution in [0.5, 0.6) is 0 Å². The largest absolute Gasteiger partial charge is 0.322 e. The Kier molecular flexibility index (Phi) is 5.58. The monoisotopic (exact) mass is 417 g/mol. The quantitative estimate of drug-likeness (QED) is 0.734. The molecule has 2 aromatic rings. The fourth-order valence-electron chi connectivity index (χ4n) is 3.87. The van der Waals surface area contributed by atoms with E-state index in [0.717, 1.165) is 37.2 Å². The summed E-state index contributed by atoms with van der Waals surface area (Å²) in [5, 5.41) is 4.25. The molecule has 4 rings (SSSR count). The van der Waals surface area contributed by atoms with Gasteiger partial charge >= 0.3 is 6.03 Å². The molecular formula is C21H21Cl2N3O2. The highest BCUT2D eigenvalue weighted by Crippen LogP contribution is 2.29. The number of carbonyl (C=O) groups is 2. The normalized spacial score (nSPS) is 17.9. The van der Waals surface area contributed by atoms with Crippen LogP contribution in [0.4, 0.5) is 10.5 Å². The molecule has 0 spiro atoms. The van der Waals surface area contributed by atoms with Crippen LogP contribution in [-0.4, -0.2) is 47.3 Å². The van der Waals surface area contributed by atoms with E-state index in [1.54, 1.807) is 30.3 Å². The first-order valence-electron chi connectivity index (χ1n) is 9.37. The van der Waals surface area contributed by atoms with Crippen LogP contribution < -0.4 is 5.32 Å². The fraction of sp³-hybridized carbons (Fsp3) is 0.333. The van der Waals surface area contributed by atoms with Crippen LogP contribution >= 0.6 is 23.2 Å². The van der Waals surface area contributed by atoms with Crippen molar-refractivity contribution >= 4 is 40.7 Å². The molecule has 1 fully saturated rings. The number of halogens is 2. The molecule has 0 bridgehead atoms. The van der Waals surface area contributed by atoms with Crippen molar-refractivity contribution < 1.29 is 9.59 Å². The van der Waals surface area contributed by atoms with Gasteiger partial charge in [0.25, 0.3) is 0 Å². The Balaban J connectivity index is 1.34. The first-order chi connectivity index (χ1) is 13.5. The summed E-state index contributed by atoms with van der Waals surface area (Å²) in [6.07, 6.45) is 1.69. The SMILES string of the molecule is O=C(CN1CCC(N2Cc3cc(Cl)ccc3NC2=O)CC1)c1ccc(Cl)cc1. The van der Waals surface area contributed by atoms with Crippen molar-refractivity contribution in [2.45, 2.75) is 25.4 Å². The minimum Gasteiger partial charge on any atom is -0.317 e. The Morgan fingerprint density at radius 2 is 1.71 bits per heavy atom. The third kappa shape index (κ3) is 4.17.